The highest BCUT2D eigenvalue weighted by atomic mass is 16.2. The van der Waals surface area contributed by atoms with Crippen LogP contribution >= 0.6 is 0 Å². The first kappa shape index (κ1) is 9.64. The second kappa shape index (κ2) is 3.34. The number of fused-ring (bicyclic) bond motifs is 1. The molecule has 0 spiro atoms. The second-order valence-corrected chi connectivity index (χ2v) is 3.28. The summed E-state index contributed by atoms with van der Waals surface area (Å²) in [5.74, 6) is 0. The molecule has 15 heavy (non-hydrogen) atoms. The van der Waals surface area contributed by atoms with Gasteiger partial charge in [-0.1, -0.05) is 0 Å². The topological polar surface area (TPSA) is 56.9 Å². The highest BCUT2D eigenvalue weighted by molar-refractivity contribution is 5.76. The van der Waals surface area contributed by atoms with E-state index in [2.05, 4.69) is 4.98 Å². The molecule has 0 amide bonds. The first-order valence-electron chi connectivity index (χ1n) is 4.70. The molecule has 0 aromatic carbocycles. The Morgan fingerprint density at radius 1 is 1.40 bits per heavy atom. The Morgan fingerprint density at radius 2 is 2.13 bits per heavy atom. The largest absolute Gasteiger partial charge is 0.331 e. The molecule has 2 rings (SSSR count). The summed E-state index contributed by atoms with van der Waals surface area (Å²) in [5, 5.41) is 0.474. The second-order valence-electron chi connectivity index (χ2n) is 3.28. The number of nitrogens with zero attached hydrogens (tertiary/aromatic N) is 3. The van der Waals surface area contributed by atoms with Gasteiger partial charge in [-0.05, 0) is 13.0 Å². The van der Waals surface area contributed by atoms with Crippen LogP contribution in [0.4, 0.5) is 0 Å². The zero-order valence-corrected chi connectivity index (χ0v) is 8.60. The minimum atomic E-state index is -0.291. The monoisotopic (exact) mass is 205 g/mol. The maximum Gasteiger partial charge on any atom is 0.331 e. The third kappa shape index (κ3) is 1.27. The van der Waals surface area contributed by atoms with Crippen LogP contribution < -0.4 is 11.2 Å². The van der Waals surface area contributed by atoms with Crippen LogP contribution in [0.15, 0.2) is 28.0 Å². The molecule has 0 atom stereocenters. The zero-order valence-electron chi connectivity index (χ0n) is 8.60. The lowest BCUT2D eigenvalue weighted by molar-refractivity contribution is 0.640. The molecule has 5 nitrogen and oxygen atoms in total. The van der Waals surface area contributed by atoms with Crippen molar-refractivity contribution in [1.82, 2.24) is 14.1 Å². The summed E-state index contributed by atoms with van der Waals surface area (Å²) in [7, 11) is 1.65. The molecule has 0 fully saturated rings. The van der Waals surface area contributed by atoms with Gasteiger partial charge in [-0.2, -0.15) is 0 Å². The molecule has 2 heterocycles. The number of aryl methyl sites for hydroxylation is 1. The van der Waals surface area contributed by atoms with Gasteiger partial charge in [0.15, 0.2) is 0 Å². The predicted molar refractivity (Wildman–Crippen MR) is 56.9 cm³/mol. The minimum absolute atomic E-state index is 0.274. The van der Waals surface area contributed by atoms with Crippen LogP contribution in [0, 0.1) is 0 Å². The van der Waals surface area contributed by atoms with Crippen molar-refractivity contribution in [3.05, 3.63) is 39.3 Å². The number of hydrogen-bond acceptors (Lipinski definition) is 3. The number of rotatable bonds is 1. The van der Waals surface area contributed by atoms with Gasteiger partial charge in [0, 0.05) is 26.0 Å². The summed E-state index contributed by atoms with van der Waals surface area (Å²) < 4.78 is 2.66. The molecule has 0 aliphatic heterocycles. The lowest BCUT2D eigenvalue weighted by Gasteiger charge is -2.07. The fourth-order valence-electron chi connectivity index (χ4n) is 1.64. The SMILES string of the molecule is CCn1c(=O)c2cnccc2n(C)c1=O. The molecule has 2 aromatic heterocycles. The van der Waals surface area contributed by atoms with Crippen molar-refractivity contribution in [2.75, 3.05) is 0 Å². The summed E-state index contributed by atoms with van der Waals surface area (Å²) >= 11 is 0. The molecule has 0 aliphatic carbocycles. The van der Waals surface area contributed by atoms with E-state index in [4.69, 9.17) is 0 Å². The van der Waals surface area contributed by atoms with Gasteiger partial charge in [-0.25, -0.2) is 4.79 Å². The Hall–Kier alpha value is -1.91. The van der Waals surface area contributed by atoms with Crippen molar-refractivity contribution >= 4 is 10.9 Å². The fraction of sp³-hybridized carbons (Fsp3) is 0.300. The quantitative estimate of drug-likeness (QED) is 0.664. The van der Waals surface area contributed by atoms with Crippen molar-refractivity contribution in [3.8, 4) is 0 Å². The molecular formula is C10H11N3O2. The Bertz CT molecular complexity index is 625. The standard InChI is InChI=1S/C10H11N3O2/c1-3-13-9(14)7-6-11-5-4-8(7)12(2)10(13)15/h4-6H,3H2,1-2H3. The Labute approximate surface area is 85.6 Å². The highest BCUT2D eigenvalue weighted by Crippen LogP contribution is 2.03. The first-order chi connectivity index (χ1) is 7.16. The third-order valence-corrected chi connectivity index (χ3v) is 2.47. The van der Waals surface area contributed by atoms with Gasteiger partial charge in [0.2, 0.25) is 0 Å². The molecular weight excluding hydrogens is 194 g/mol. The number of aromatic nitrogens is 3. The molecule has 0 aliphatic rings. The maximum absolute atomic E-state index is 11.8. The lowest BCUT2D eigenvalue weighted by Crippen LogP contribution is -2.38. The van der Waals surface area contributed by atoms with Crippen molar-refractivity contribution in [1.29, 1.82) is 0 Å². The summed E-state index contributed by atoms with van der Waals surface area (Å²) in [5.41, 5.74) is 0.0506. The van der Waals surface area contributed by atoms with Gasteiger partial charge in [0.1, 0.15) is 0 Å². The fourth-order valence-corrected chi connectivity index (χ4v) is 1.64. The van der Waals surface area contributed by atoms with Gasteiger partial charge in [-0.3, -0.25) is 18.9 Å². The van der Waals surface area contributed by atoms with Gasteiger partial charge in [0.25, 0.3) is 5.56 Å². The Balaban J connectivity index is 3.10. The highest BCUT2D eigenvalue weighted by Gasteiger charge is 2.08. The van der Waals surface area contributed by atoms with Crippen LogP contribution in [0.3, 0.4) is 0 Å². The van der Waals surface area contributed by atoms with E-state index >= 15 is 0 Å². The molecule has 5 heteroatoms. The first-order valence-corrected chi connectivity index (χ1v) is 4.70. The predicted octanol–water partition coefficient (Wildman–Crippen LogP) is 0.115. The van der Waals surface area contributed by atoms with E-state index < -0.39 is 0 Å². The van der Waals surface area contributed by atoms with Gasteiger partial charge >= 0.3 is 5.69 Å². The van der Waals surface area contributed by atoms with Crippen molar-refractivity contribution in [3.63, 3.8) is 0 Å². The summed E-state index contributed by atoms with van der Waals surface area (Å²) in [6, 6.07) is 1.66. The molecule has 0 N–H and O–H groups in total. The van der Waals surface area contributed by atoms with Crippen LogP contribution in [0.2, 0.25) is 0 Å². The number of pyridine rings is 1. The van der Waals surface area contributed by atoms with Crippen LogP contribution in [0.5, 0.6) is 0 Å². The Kier molecular flexibility index (Phi) is 2.15. The van der Waals surface area contributed by atoms with E-state index in [1.54, 1.807) is 26.2 Å². The molecule has 78 valence electrons. The molecule has 0 unspecified atom stereocenters. The minimum Gasteiger partial charge on any atom is -0.296 e. The maximum atomic E-state index is 11.8. The Morgan fingerprint density at radius 3 is 2.80 bits per heavy atom. The molecule has 0 saturated heterocycles. The van der Waals surface area contributed by atoms with Crippen LogP contribution in [-0.4, -0.2) is 14.1 Å². The van der Waals surface area contributed by atoms with E-state index in [0.717, 1.165) is 0 Å². The van der Waals surface area contributed by atoms with E-state index in [-0.39, 0.29) is 11.2 Å². The normalized spacial score (nSPS) is 10.8. The molecule has 0 radical (unpaired) electrons. The lowest BCUT2D eigenvalue weighted by atomic mass is 10.3. The molecule has 0 bridgehead atoms. The smallest absolute Gasteiger partial charge is 0.296 e. The van der Waals surface area contributed by atoms with Crippen molar-refractivity contribution < 1.29 is 0 Å². The summed E-state index contributed by atoms with van der Waals surface area (Å²) in [6.45, 7) is 2.14. The average Bonchev–Trinajstić information content (AvgIpc) is 2.27. The zero-order chi connectivity index (χ0) is 11.0. The van der Waals surface area contributed by atoms with E-state index in [1.807, 2.05) is 0 Å². The average molecular weight is 205 g/mol. The van der Waals surface area contributed by atoms with Gasteiger partial charge in [0.05, 0.1) is 10.9 Å². The summed E-state index contributed by atoms with van der Waals surface area (Å²) in [6.07, 6.45) is 3.06. The van der Waals surface area contributed by atoms with Crippen LogP contribution in [-0.2, 0) is 13.6 Å². The van der Waals surface area contributed by atoms with Crippen LogP contribution in [0.1, 0.15) is 6.92 Å². The number of hydrogen-bond donors (Lipinski definition) is 0. The van der Waals surface area contributed by atoms with Crippen molar-refractivity contribution in [2.24, 2.45) is 7.05 Å². The molecule has 0 saturated carbocycles. The summed E-state index contributed by atoms with van der Waals surface area (Å²) in [4.78, 5) is 27.5. The van der Waals surface area contributed by atoms with E-state index in [1.165, 1.54) is 15.3 Å². The third-order valence-electron chi connectivity index (χ3n) is 2.47. The van der Waals surface area contributed by atoms with Gasteiger partial charge in [-0.15, -0.1) is 0 Å². The molecule has 2 aromatic rings. The van der Waals surface area contributed by atoms with E-state index in [9.17, 15) is 9.59 Å². The van der Waals surface area contributed by atoms with Crippen molar-refractivity contribution in [2.45, 2.75) is 13.5 Å². The van der Waals surface area contributed by atoms with E-state index in [0.29, 0.717) is 17.4 Å². The van der Waals surface area contributed by atoms with Gasteiger partial charge < -0.3 is 0 Å². The van der Waals surface area contributed by atoms with Crippen LogP contribution in [0.25, 0.3) is 10.9 Å².